The summed E-state index contributed by atoms with van der Waals surface area (Å²) in [5.41, 5.74) is 13.2. The predicted octanol–water partition coefficient (Wildman–Crippen LogP) is 3.70. The summed E-state index contributed by atoms with van der Waals surface area (Å²) in [7, 11) is 0. The molecule has 0 fully saturated rings. The largest absolute Gasteiger partial charge is 0.395 e. The Morgan fingerprint density at radius 3 is 2.56 bits per heavy atom. The van der Waals surface area contributed by atoms with Crippen LogP contribution in [0.15, 0.2) is 41.9 Å². The van der Waals surface area contributed by atoms with E-state index in [1.54, 1.807) is 28.9 Å². The molecule has 4 N–H and O–H groups in total. The average molecular weight is 273 g/mol. The summed E-state index contributed by atoms with van der Waals surface area (Å²) >= 11 is 3.45. The molecule has 5 heteroatoms. The first-order valence-electron chi connectivity index (χ1n) is 5.40. The standard InChI is InChI=1S/C13H11N3S2/c14-12-8(5-6-16-13(12)15)9-3-4-11(18-9)10-2-1-7-17-10/h1-7H,14H2,(H2,15,16). The third kappa shape index (κ3) is 1.87. The summed E-state index contributed by atoms with van der Waals surface area (Å²) in [5, 5.41) is 2.08. The fourth-order valence-corrected chi connectivity index (χ4v) is 3.62. The normalized spacial score (nSPS) is 10.7. The second-order valence-corrected chi connectivity index (χ2v) is 5.83. The van der Waals surface area contributed by atoms with E-state index in [1.807, 2.05) is 6.07 Å². The monoisotopic (exact) mass is 273 g/mol. The van der Waals surface area contributed by atoms with Crippen LogP contribution in [0.5, 0.6) is 0 Å². The number of nitrogen functional groups attached to an aromatic ring is 2. The first kappa shape index (κ1) is 11.3. The second kappa shape index (κ2) is 4.44. The molecule has 0 aromatic carbocycles. The van der Waals surface area contributed by atoms with Crippen LogP contribution in [0.1, 0.15) is 0 Å². The molecule has 0 atom stereocenters. The van der Waals surface area contributed by atoms with Crippen molar-refractivity contribution in [2.75, 3.05) is 11.5 Å². The number of anilines is 2. The zero-order chi connectivity index (χ0) is 12.5. The van der Waals surface area contributed by atoms with Crippen LogP contribution >= 0.6 is 22.7 Å². The Bertz CT molecular complexity index is 671. The van der Waals surface area contributed by atoms with Crippen LogP contribution in [0, 0.1) is 0 Å². The molecule has 0 bridgehead atoms. The highest BCUT2D eigenvalue weighted by atomic mass is 32.1. The van der Waals surface area contributed by atoms with Crippen LogP contribution in [-0.2, 0) is 0 Å². The lowest BCUT2D eigenvalue weighted by Gasteiger charge is -2.04. The summed E-state index contributed by atoms with van der Waals surface area (Å²) in [5.74, 6) is 0.388. The number of nitrogens with zero attached hydrogens (tertiary/aromatic N) is 1. The molecule has 0 saturated heterocycles. The van der Waals surface area contributed by atoms with Crippen LogP contribution in [0.2, 0.25) is 0 Å². The van der Waals surface area contributed by atoms with Crippen molar-refractivity contribution in [3.63, 3.8) is 0 Å². The van der Waals surface area contributed by atoms with E-state index in [2.05, 4.69) is 34.6 Å². The molecule has 3 heterocycles. The Morgan fingerprint density at radius 1 is 0.944 bits per heavy atom. The van der Waals surface area contributed by atoms with Gasteiger partial charge in [-0.25, -0.2) is 4.98 Å². The molecular weight excluding hydrogens is 262 g/mol. The molecule has 0 aliphatic carbocycles. The van der Waals surface area contributed by atoms with Crippen molar-refractivity contribution in [3.05, 3.63) is 41.9 Å². The SMILES string of the molecule is Nc1nccc(-c2ccc(-c3cccs3)s2)c1N. The maximum Gasteiger partial charge on any atom is 0.147 e. The summed E-state index contributed by atoms with van der Waals surface area (Å²) in [6, 6.07) is 10.3. The van der Waals surface area contributed by atoms with Crippen LogP contribution in [0.25, 0.3) is 20.2 Å². The maximum absolute atomic E-state index is 5.96. The third-order valence-electron chi connectivity index (χ3n) is 2.66. The van der Waals surface area contributed by atoms with Crippen LogP contribution in [-0.4, -0.2) is 4.98 Å². The van der Waals surface area contributed by atoms with Crippen LogP contribution in [0.4, 0.5) is 11.5 Å². The Balaban J connectivity index is 2.06. The van der Waals surface area contributed by atoms with Gasteiger partial charge in [-0.1, -0.05) is 6.07 Å². The number of thiophene rings is 2. The molecule has 90 valence electrons. The Morgan fingerprint density at radius 2 is 1.78 bits per heavy atom. The average Bonchev–Trinajstić information content (AvgIpc) is 3.01. The molecule has 3 aromatic heterocycles. The van der Waals surface area contributed by atoms with Gasteiger partial charge in [-0.3, -0.25) is 0 Å². The van der Waals surface area contributed by atoms with Gasteiger partial charge in [0, 0.05) is 26.4 Å². The van der Waals surface area contributed by atoms with Crippen molar-refractivity contribution >= 4 is 34.2 Å². The van der Waals surface area contributed by atoms with Gasteiger partial charge < -0.3 is 11.5 Å². The van der Waals surface area contributed by atoms with Gasteiger partial charge in [0.05, 0.1) is 5.69 Å². The van der Waals surface area contributed by atoms with Gasteiger partial charge in [0.1, 0.15) is 5.82 Å². The van der Waals surface area contributed by atoms with Gasteiger partial charge in [0.2, 0.25) is 0 Å². The zero-order valence-corrected chi connectivity index (χ0v) is 11.1. The maximum atomic E-state index is 5.96. The van der Waals surface area contributed by atoms with Crippen molar-refractivity contribution in [2.24, 2.45) is 0 Å². The molecule has 3 aromatic rings. The number of nitrogens with two attached hydrogens (primary N) is 2. The fourth-order valence-electron chi connectivity index (χ4n) is 1.74. The summed E-state index contributed by atoms with van der Waals surface area (Å²) < 4.78 is 0. The number of pyridine rings is 1. The minimum absolute atomic E-state index is 0.388. The van der Waals surface area contributed by atoms with Crippen molar-refractivity contribution < 1.29 is 0 Å². The summed E-state index contributed by atoms with van der Waals surface area (Å²) in [6.07, 6.45) is 1.69. The van der Waals surface area contributed by atoms with E-state index in [9.17, 15) is 0 Å². The van der Waals surface area contributed by atoms with Gasteiger partial charge in [-0.05, 0) is 29.6 Å². The third-order valence-corrected chi connectivity index (χ3v) is 4.84. The lowest BCUT2D eigenvalue weighted by molar-refractivity contribution is 1.34. The zero-order valence-electron chi connectivity index (χ0n) is 9.46. The Labute approximate surface area is 113 Å². The summed E-state index contributed by atoms with van der Waals surface area (Å²) in [6.45, 7) is 0. The predicted molar refractivity (Wildman–Crippen MR) is 79.7 cm³/mol. The lowest BCUT2D eigenvalue weighted by Crippen LogP contribution is -1.98. The van der Waals surface area contributed by atoms with Crippen LogP contribution in [0.3, 0.4) is 0 Å². The number of aromatic nitrogens is 1. The van der Waals surface area contributed by atoms with Crippen molar-refractivity contribution in [3.8, 4) is 20.2 Å². The number of hydrogen-bond donors (Lipinski definition) is 2. The van der Waals surface area contributed by atoms with Crippen molar-refractivity contribution in [2.45, 2.75) is 0 Å². The molecule has 3 nitrogen and oxygen atoms in total. The van der Waals surface area contributed by atoms with E-state index in [-0.39, 0.29) is 0 Å². The van der Waals surface area contributed by atoms with Gasteiger partial charge in [0.25, 0.3) is 0 Å². The highest BCUT2D eigenvalue weighted by Crippen LogP contribution is 2.39. The molecule has 0 saturated carbocycles. The van der Waals surface area contributed by atoms with Gasteiger partial charge in [-0.2, -0.15) is 0 Å². The first-order valence-corrected chi connectivity index (χ1v) is 7.09. The summed E-state index contributed by atoms with van der Waals surface area (Å²) in [4.78, 5) is 7.61. The lowest BCUT2D eigenvalue weighted by atomic mass is 10.2. The van der Waals surface area contributed by atoms with E-state index in [4.69, 9.17) is 11.5 Å². The number of hydrogen-bond acceptors (Lipinski definition) is 5. The first-order chi connectivity index (χ1) is 8.75. The Hall–Kier alpha value is -1.85. The molecular formula is C13H11N3S2. The minimum atomic E-state index is 0.388. The van der Waals surface area contributed by atoms with Crippen LogP contribution < -0.4 is 11.5 Å². The Kier molecular flexibility index (Phi) is 2.77. The van der Waals surface area contributed by atoms with E-state index in [0.29, 0.717) is 11.5 Å². The van der Waals surface area contributed by atoms with E-state index in [0.717, 1.165) is 10.4 Å². The van der Waals surface area contributed by atoms with Gasteiger partial charge >= 0.3 is 0 Å². The van der Waals surface area contributed by atoms with Crippen molar-refractivity contribution in [1.82, 2.24) is 4.98 Å². The molecule has 0 aliphatic rings. The molecule has 3 rings (SSSR count). The van der Waals surface area contributed by atoms with E-state index < -0.39 is 0 Å². The highest BCUT2D eigenvalue weighted by molar-refractivity contribution is 7.23. The molecule has 0 radical (unpaired) electrons. The highest BCUT2D eigenvalue weighted by Gasteiger charge is 2.10. The molecule has 18 heavy (non-hydrogen) atoms. The van der Waals surface area contributed by atoms with Gasteiger partial charge in [-0.15, -0.1) is 22.7 Å². The van der Waals surface area contributed by atoms with Gasteiger partial charge in [0.15, 0.2) is 0 Å². The minimum Gasteiger partial charge on any atom is -0.395 e. The quantitative estimate of drug-likeness (QED) is 0.748. The fraction of sp³-hybridized carbons (Fsp3) is 0. The topological polar surface area (TPSA) is 64.9 Å². The second-order valence-electron chi connectivity index (χ2n) is 3.80. The molecule has 0 amide bonds. The molecule has 0 aliphatic heterocycles. The molecule has 0 spiro atoms. The van der Waals surface area contributed by atoms with Crippen molar-refractivity contribution in [1.29, 1.82) is 0 Å². The van der Waals surface area contributed by atoms with E-state index >= 15 is 0 Å². The molecule has 0 unspecified atom stereocenters. The van der Waals surface area contributed by atoms with E-state index in [1.165, 1.54) is 9.75 Å². The number of rotatable bonds is 2. The smallest absolute Gasteiger partial charge is 0.147 e.